The van der Waals surface area contributed by atoms with Crippen LogP contribution < -0.4 is 0 Å². The van der Waals surface area contributed by atoms with Gasteiger partial charge in [-0.15, -0.1) is 0 Å². The third kappa shape index (κ3) is 3.17. The summed E-state index contributed by atoms with van der Waals surface area (Å²) in [4.78, 5) is 11.5. The normalized spacial score (nSPS) is 11.7. The molecule has 3 aromatic carbocycles. The van der Waals surface area contributed by atoms with Gasteiger partial charge in [-0.3, -0.25) is 9.48 Å². The molecule has 0 saturated carbocycles. The van der Waals surface area contributed by atoms with Crippen LogP contribution in [-0.2, 0) is 12.7 Å². The molecule has 0 spiro atoms. The maximum Gasteiger partial charge on any atom is 0.418 e. The van der Waals surface area contributed by atoms with Crippen molar-refractivity contribution in [1.29, 1.82) is 0 Å². The molecule has 140 valence electrons. The maximum absolute atomic E-state index is 13.5. The van der Waals surface area contributed by atoms with Gasteiger partial charge in [0.05, 0.1) is 17.8 Å². The van der Waals surface area contributed by atoms with E-state index in [1.165, 1.54) is 10.7 Å². The number of alkyl halides is 3. The van der Waals surface area contributed by atoms with E-state index in [0.717, 1.165) is 11.6 Å². The largest absolute Gasteiger partial charge is 0.418 e. The molecule has 28 heavy (non-hydrogen) atoms. The topological polar surface area (TPSA) is 34.9 Å². The van der Waals surface area contributed by atoms with E-state index < -0.39 is 11.7 Å². The van der Waals surface area contributed by atoms with Crippen molar-refractivity contribution in [2.45, 2.75) is 12.7 Å². The monoisotopic (exact) mass is 380 g/mol. The van der Waals surface area contributed by atoms with E-state index in [2.05, 4.69) is 5.10 Å². The van der Waals surface area contributed by atoms with Crippen LogP contribution in [0.3, 0.4) is 0 Å². The number of aromatic nitrogens is 2. The van der Waals surface area contributed by atoms with Gasteiger partial charge in [-0.1, -0.05) is 66.7 Å². The van der Waals surface area contributed by atoms with Crippen LogP contribution in [-0.4, -0.2) is 16.1 Å². The lowest BCUT2D eigenvalue weighted by molar-refractivity contribution is -0.136. The number of fused-ring (bicyclic) bond motifs is 1. The number of halogens is 3. The van der Waals surface area contributed by atoms with E-state index in [-0.39, 0.29) is 12.1 Å². The van der Waals surface area contributed by atoms with Crippen molar-refractivity contribution in [3.8, 4) is 11.3 Å². The molecule has 4 aromatic rings. The molecule has 0 aliphatic heterocycles. The van der Waals surface area contributed by atoms with Gasteiger partial charge in [0.1, 0.15) is 5.52 Å². The van der Waals surface area contributed by atoms with Crippen LogP contribution in [0.4, 0.5) is 13.2 Å². The molecule has 4 rings (SSSR count). The standard InChI is InChI=1S/C22H15F3N2O/c23-22(24,25)19-12-6-11-18-20(19)26-27(13-15-7-2-1-3-8-15)21(18)17-10-5-4-9-16(17)14-28/h1-12,14H,13H2. The van der Waals surface area contributed by atoms with Crippen LogP contribution in [0.1, 0.15) is 21.5 Å². The number of rotatable bonds is 4. The summed E-state index contributed by atoms with van der Waals surface area (Å²) >= 11 is 0. The van der Waals surface area contributed by atoms with Gasteiger partial charge in [0, 0.05) is 16.5 Å². The lowest BCUT2D eigenvalue weighted by Gasteiger charge is -2.10. The molecule has 0 atom stereocenters. The van der Waals surface area contributed by atoms with Crippen LogP contribution >= 0.6 is 0 Å². The highest BCUT2D eigenvalue weighted by atomic mass is 19.4. The van der Waals surface area contributed by atoms with Gasteiger partial charge >= 0.3 is 6.18 Å². The smallest absolute Gasteiger partial charge is 0.298 e. The minimum atomic E-state index is -4.52. The zero-order valence-electron chi connectivity index (χ0n) is 14.6. The van der Waals surface area contributed by atoms with Gasteiger partial charge in [-0.2, -0.15) is 18.3 Å². The summed E-state index contributed by atoms with van der Waals surface area (Å²) in [6, 6.07) is 20.2. The first-order valence-corrected chi connectivity index (χ1v) is 8.64. The summed E-state index contributed by atoms with van der Waals surface area (Å²) in [7, 11) is 0. The van der Waals surface area contributed by atoms with E-state index in [0.29, 0.717) is 28.5 Å². The molecule has 1 aromatic heterocycles. The van der Waals surface area contributed by atoms with Crippen LogP contribution in [0.15, 0.2) is 72.8 Å². The van der Waals surface area contributed by atoms with Crippen LogP contribution in [0.25, 0.3) is 22.2 Å². The van der Waals surface area contributed by atoms with Crippen LogP contribution in [0.2, 0.25) is 0 Å². The summed E-state index contributed by atoms with van der Waals surface area (Å²) < 4.78 is 42.1. The van der Waals surface area contributed by atoms with Gasteiger partial charge in [0.2, 0.25) is 0 Å². The number of carbonyl (C=O) groups excluding carboxylic acids is 1. The molecule has 0 unspecified atom stereocenters. The number of aldehydes is 1. The number of carbonyl (C=O) groups is 1. The second-order valence-electron chi connectivity index (χ2n) is 6.40. The fourth-order valence-electron chi connectivity index (χ4n) is 3.35. The molecule has 0 saturated heterocycles. The molecule has 0 amide bonds. The molecule has 0 bridgehead atoms. The van der Waals surface area contributed by atoms with Crippen LogP contribution in [0.5, 0.6) is 0 Å². The van der Waals surface area contributed by atoms with Crippen molar-refractivity contribution < 1.29 is 18.0 Å². The quantitative estimate of drug-likeness (QED) is 0.433. The molecule has 0 aliphatic carbocycles. The number of hydrogen-bond donors (Lipinski definition) is 0. The Bertz CT molecular complexity index is 1150. The predicted molar refractivity (Wildman–Crippen MR) is 101 cm³/mol. The van der Waals surface area contributed by atoms with Crippen molar-refractivity contribution >= 4 is 17.2 Å². The SMILES string of the molecule is O=Cc1ccccc1-c1c2cccc(C(F)(F)F)c2nn1Cc1ccccc1. The van der Waals surface area contributed by atoms with E-state index >= 15 is 0 Å². The minimum absolute atomic E-state index is 0.123. The molecule has 6 heteroatoms. The number of hydrogen-bond acceptors (Lipinski definition) is 2. The minimum Gasteiger partial charge on any atom is -0.298 e. The lowest BCUT2D eigenvalue weighted by atomic mass is 10.0. The van der Waals surface area contributed by atoms with Crippen LogP contribution in [0, 0.1) is 0 Å². The summed E-state index contributed by atoms with van der Waals surface area (Å²) in [6.07, 6.45) is -3.82. The molecule has 0 fully saturated rings. The first-order chi connectivity index (χ1) is 13.5. The molecular weight excluding hydrogens is 365 g/mol. The molecule has 0 N–H and O–H groups in total. The molecular formula is C22H15F3N2O. The zero-order valence-corrected chi connectivity index (χ0v) is 14.6. The Morgan fingerprint density at radius 2 is 1.61 bits per heavy atom. The van der Waals surface area contributed by atoms with Gasteiger partial charge in [-0.05, 0) is 11.6 Å². The van der Waals surface area contributed by atoms with Gasteiger partial charge in [0.15, 0.2) is 6.29 Å². The van der Waals surface area contributed by atoms with E-state index in [9.17, 15) is 18.0 Å². The number of benzene rings is 3. The Balaban J connectivity index is 2.02. The second kappa shape index (κ2) is 6.96. The Morgan fingerprint density at radius 3 is 2.32 bits per heavy atom. The highest BCUT2D eigenvalue weighted by Gasteiger charge is 2.34. The third-order valence-electron chi connectivity index (χ3n) is 4.59. The Kier molecular flexibility index (Phi) is 4.47. The summed E-state index contributed by atoms with van der Waals surface area (Å²) in [5.41, 5.74) is 1.43. The fourth-order valence-corrected chi connectivity index (χ4v) is 3.35. The van der Waals surface area contributed by atoms with Gasteiger partial charge in [-0.25, -0.2) is 0 Å². The fraction of sp³-hybridized carbons (Fsp3) is 0.0909. The molecule has 0 radical (unpaired) electrons. The summed E-state index contributed by atoms with van der Waals surface area (Å²) in [5, 5.41) is 4.67. The van der Waals surface area contributed by atoms with Crippen molar-refractivity contribution in [2.24, 2.45) is 0 Å². The average molecular weight is 380 g/mol. The zero-order chi connectivity index (χ0) is 19.7. The first kappa shape index (κ1) is 18.0. The van der Waals surface area contributed by atoms with Crippen molar-refractivity contribution in [3.63, 3.8) is 0 Å². The Labute approximate surface area is 159 Å². The maximum atomic E-state index is 13.5. The van der Waals surface area contributed by atoms with Crippen molar-refractivity contribution in [3.05, 3.63) is 89.5 Å². The lowest BCUT2D eigenvalue weighted by Crippen LogP contribution is -2.07. The van der Waals surface area contributed by atoms with Crippen molar-refractivity contribution in [2.75, 3.05) is 0 Å². The van der Waals surface area contributed by atoms with E-state index in [1.54, 1.807) is 30.3 Å². The first-order valence-electron chi connectivity index (χ1n) is 8.64. The summed E-state index contributed by atoms with van der Waals surface area (Å²) in [6.45, 7) is 0.287. The van der Waals surface area contributed by atoms with Gasteiger partial charge < -0.3 is 0 Å². The van der Waals surface area contributed by atoms with Gasteiger partial charge in [0.25, 0.3) is 0 Å². The number of nitrogens with zero attached hydrogens (tertiary/aromatic N) is 2. The second-order valence-corrected chi connectivity index (χ2v) is 6.40. The molecule has 0 aliphatic rings. The van der Waals surface area contributed by atoms with E-state index in [4.69, 9.17) is 0 Å². The summed E-state index contributed by atoms with van der Waals surface area (Å²) in [5.74, 6) is 0. The highest BCUT2D eigenvalue weighted by molar-refractivity contribution is 5.99. The molecule has 1 heterocycles. The predicted octanol–water partition coefficient (Wildman–Crippen LogP) is 5.58. The third-order valence-corrected chi connectivity index (χ3v) is 4.59. The molecule has 3 nitrogen and oxygen atoms in total. The van der Waals surface area contributed by atoms with E-state index in [1.807, 2.05) is 30.3 Å². The van der Waals surface area contributed by atoms with Crippen molar-refractivity contribution in [1.82, 2.24) is 9.78 Å². The Hall–Kier alpha value is -3.41. The average Bonchev–Trinajstić information content (AvgIpc) is 3.05. The highest BCUT2D eigenvalue weighted by Crippen LogP contribution is 2.38. The Morgan fingerprint density at radius 1 is 0.893 bits per heavy atom.